The van der Waals surface area contributed by atoms with Gasteiger partial charge in [0, 0.05) is 12.2 Å². The topological polar surface area (TPSA) is 56.9 Å². The molecule has 0 bridgehead atoms. The van der Waals surface area contributed by atoms with Crippen LogP contribution in [0.15, 0.2) is 36.5 Å². The zero-order chi connectivity index (χ0) is 13.2. The normalized spacial score (nSPS) is 14.2. The predicted octanol–water partition coefficient (Wildman–Crippen LogP) is 2.98. The zero-order valence-electron chi connectivity index (χ0n) is 10.2. The number of carbonyl (C=O) groups excluding carboxylic acids is 1. The molecule has 0 radical (unpaired) electrons. The molecule has 98 valence electrons. The van der Waals surface area contributed by atoms with Gasteiger partial charge in [0.05, 0.1) is 5.69 Å². The summed E-state index contributed by atoms with van der Waals surface area (Å²) < 4.78 is 13.9. The SMILES string of the molecule is O=C(Nc1c(F)cccc1NC1CC1)c1ccc[nH]1. The molecule has 2 aromatic rings. The molecule has 1 amide bonds. The summed E-state index contributed by atoms with van der Waals surface area (Å²) in [7, 11) is 0. The number of halogens is 1. The van der Waals surface area contributed by atoms with E-state index in [1.807, 2.05) is 0 Å². The van der Waals surface area contributed by atoms with Crippen LogP contribution in [-0.4, -0.2) is 16.9 Å². The first kappa shape index (κ1) is 11.8. The Morgan fingerprint density at radius 2 is 2.11 bits per heavy atom. The summed E-state index contributed by atoms with van der Waals surface area (Å²) in [5, 5.41) is 5.82. The minimum absolute atomic E-state index is 0.203. The molecule has 1 fully saturated rings. The molecule has 19 heavy (non-hydrogen) atoms. The Morgan fingerprint density at radius 3 is 2.79 bits per heavy atom. The fourth-order valence-corrected chi connectivity index (χ4v) is 1.87. The molecule has 3 rings (SSSR count). The van der Waals surface area contributed by atoms with Crippen molar-refractivity contribution in [3.63, 3.8) is 0 Å². The first-order chi connectivity index (χ1) is 9.24. The highest BCUT2D eigenvalue weighted by molar-refractivity contribution is 6.04. The van der Waals surface area contributed by atoms with E-state index in [0.717, 1.165) is 12.8 Å². The molecule has 0 spiro atoms. The van der Waals surface area contributed by atoms with Crippen molar-refractivity contribution in [2.75, 3.05) is 10.6 Å². The van der Waals surface area contributed by atoms with E-state index < -0.39 is 5.82 Å². The molecule has 0 saturated heterocycles. The van der Waals surface area contributed by atoms with Crippen LogP contribution < -0.4 is 10.6 Å². The van der Waals surface area contributed by atoms with E-state index in [9.17, 15) is 9.18 Å². The van der Waals surface area contributed by atoms with Crippen LogP contribution in [0.4, 0.5) is 15.8 Å². The Balaban J connectivity index is 1.84. The monoisotopic (exact) mass is 259 g/mol. The van der Waals surface area contributed by atoms with Gasteiger partial charge in [0.2, 0.25) is 0 Å². The van der Waals surface area contributed by atoms with Gasteiger partial charge in [-0.1, -0.05) is 6.07 Å². The Bertz CT molecular complexity index is 591. The summed E-state index contributed by atoms with van der Waals surface area (Å²) in [4.78, 5) is 14.7. The molecular weight excluding hydrogens is 245 g/mol. The highest BCUT2D eigenvalue weighted by Gasteiger charge is 2.23. The molecule has 3 N–H and O–H groups in total. The van der Waals surface area contributed by atoms with Gasteiger partial charge in [-0.2, -0.15) is 0 Å². The van der Waals surface area contributed by atoms with Crippen LogP contribution >= 0.6 is 0 Å². The molecule has 0 atom stereocenters. The molecule has 0 unspecified atom stereocenters. The summed E-state index contributed by atoms with van der Waals surface area (Å²) in [5.41, 5.74) is 1.23. The number of rotatable bonds is 4. The molecule has 1 aromatic carbocycles. The van der Waals surface area contributed by atoms with Gasteiger partial charge in [0.1, 0.15) is 17.2 Å². The van der Waals surface area contributed by atoms with Crippen LogP contribution in [-0.2, 0) is 0 Å². The predicted molar refractivity (Wildman–Crippen MR) is 71.8 cm³/mol. The van der Waals surface area contributed by atoms with Crippen LogP contribution in [0.5, 0.6) is 0 Å². The van der Waals surface area contributed by atoms with E-state index in [0.29, 0.717) is 17.4 Å². The number of carbonyl (C=O) groups is 1. The third kappa shape index (κ3) is 2.59. The molecular formula is C14H14FN3O. The average molecular weight is 259 g/mol. The first-order valence-electron chi connectivity index (χ1n) is 6.24. The van der Waals surface area contributed by atoms with Gasteiger partial charge in [0.15, 0.2) is 0 Å². The molecule has 1 saturated carbocycles. The number of benzene rings is 1. The van der Waals surface area contributed by atoms with Crippen molar-refractivity contribution in [3.8, 4) is 0 Å². The fraction of sp³-hybridized carbons (Fsp3) is 0.214. The third-order valence-electron chi connectivity index (χ3n) is 3.03. The molecule has 0 aliphatic heterocycles. The van der Waals surface area contributed by atoms with Crippen molar-refractivity contribution < 1.29 is 9.18 Å². The minimum Gasteiger partial charge on any atom is -0.381 e. The molecule has 1 aliphatic rings. The summed E-state index contributed by atoms with van der Waals surface area (Å²) >= 11 is 0. The Kier molecular flexibility index (Phi) is 2.95. The van der Waals surface area contributed by atoms with Crippen LogP contribution in [0.1, 0.15) is 23.3 Å². The van der Waals surface area contributed by atoms with Gasteiger partial charge in [0.25, 0.3) is 5.91 Å². The van der Waals surface area contributed by atoms with E-state index in [2.05, 4.69) is 15.6 Å². The van der Waals surface area contributed by atoms with Gasteiger partial charge in [-0.3, -0.25) is 4.79 Å². The second-order valence-electron chi connectivity index (χ2n) is 4.62. The van der Waals surface area contributed by atoms with Gasteiger partial charge in [-0.05, 0) is 37.1 Å². The molecule has 1 aliphatic carbocycles. The molecule has 4 nitrogen and oxygen atoms in total. The second kappa shape index (κ2) is 4.76. The lowest BCUT2D eigenvalue weighted by molar-refractivity contribution is 0.102. The number of para-hydroxylation sites is 1. The van der Waals surface area contributed by atoms with Crippen molar-refractivity contribution in [2.45, 2.75) is 18.9 Å². The van der Waals surface area contributed by atoms with Crippen LogP contribution in [0.25, 0.3) is 0 Å². The van der Waals surface area contributed by atoms with E-state index in [-0.39, 0.29) is 11.6 Å². The molecule has 1 heterocycles. The van der Waals surface area contributed by atoms with Crippen molar-refractivity contribution in [1.82, 2.24) is 4.98 Å². The van der Waals surface area contributed by atoms with Crippen molar-refractivity contribution in [2.24, 2.45) is 0 Å². The average Bonchev–Trinajstić information content (AvgIpc) is 3.04. The maximum atomic E-state index is 13.9. The summed E-state index contributed by atoms with van der Waals surface area (Å²) in [6.07, 6.45) is 3.82. The summed E-state index contributed by atoms with van der Waals surface area (Å²) in [6.45, 7) is 0. The highest BCUT2D eigenvalue weighted by Crippen LogP contribution is 2.31. The van der Waals surface area contributed by atoms with E-state index in [1.165, 1.54) is 6.07 Å². The van der Waals surface area contributed by atoms with E-state index in [4.69, 9.17) is 0 Å². The van der Waals surface area contributed by atoms with Crippen molar-refractivity contribution in [3.05, 3.63) is 48.0 Å². The van der Waals surface area contributed by atoms with E-state index >= 15 is 0 Å². The van der Waals surface area contributed by atoms with Crippen LogP contribution in [0, 0.1) is 5.82 Å². The number of amides is 1. The zero-order valence-corrected chi connectivity index (χ0v) is 10.2. The Labute approximate surface area is 110 Å². The Hall–Kier alpha value is -2.30. The number of nitrogens with one attached hydrogen (secondary N) is 3. The van der Waals surface area contributed by atoms with Crippen molar-refractivity contribution >= 4 is 17.3 Å². The third-order valence-corrected chi connectivity index (χ3v) is 3.03. The van der Waals surface area contributed by atoms with Gasteiger partial charge in [-0.25, -0.2) is 4.39 Å². The number of hydrogen-bond donors (Lipinski definition) is 3. The number of aromatic amines is 1. The quantitative estimate of drug-likeness (QED) is 0.790. The summed E-state index contributed by atoms with van der Waals surface area (Å²) in [5.74, 6) is -0.792. The first-order valence-corrected chi connectivity index (χ1v) is 6.24. The van der Waals surface area contributed by atoms with Gasteiger partial charge >= 0.3 is 0 Å². The minimum atomic E-state index is -0.439. The number of anilines is 2. The highest BCUT2D eigenvalue weighted by atomic mass is 19.1. The molecule has 5 heteroatoms. The largest absolute Gasteiger partial charge is 0.381 e. The second-order valence-corrected chi connectivity index (χ2v) is 4.62. The lowest BCUT2D eigenvalue weighted by atomic mass is 10.2. The van der Waals surface area contributed by atoms with Crippen molar-refractivity contribution in [1.29, 1.82) is 0 Å². The Morgan fingerprint density at radius 1 is 1.26 bits per heavy atom. The standard InChI is InChI=1S/C14H14FN3O/c15-10-3-1-4-11(17-9-6-7-9)13(10)18-14(19)12-5-2-8-16-12/h1-5,8-9,16-17H,6-7H2,(H,18,19). The molecule has 1 aromatic heterocycles. The van der Waals surface area contributed by atoms with Gasteiger partial charge in [-0.15, -0.1) is 0 Å². The van der Waals surface area contributed by atoms with Crippen LogP contribution in [0.2, 0.25) is 0 Å². The van der Waals surface area contributed by atoms with Gasteiger partial charge < -0.3 is 15.6 Å². The number of H-pyrrole nitrogens is 1. The lowest BCUT2D eigenvalue weighted by Crippen LogP contribution is -2.15. The smallest absolute Gasteiger partial charge is 0.272 e. The maximum Gasteiger partial charge on any atom is 0.272 e. The lowest BCUT2D eigenvalue weighted by Gasteiger charge is -2.13. The summed E-state index contributed by atoms with van der Waals surface area (Å²) in [6, 6.07) is 8.49. The fourth-order valence-electron chi connectivity index (χ4n) is 1.87. The number of aromatic nitrogens is 1. The number of hydrogen-bond acceptors (Lipinski definition) is 2. The van der Waals surface area contributed by atoms with E-state index in [1.54, 1.807) is 30.5 Å². The maximum absolute atomic E-state index is 13.9. The van der Waals surface area contributed by atoms with Crippen LogP contribution in [0.3, 0.4) is 0 Å².